The zero-order chi connectivity index (χ0) is 14.2. The van der Waals surface area contributed by atoms with Crippen molar-refractivity contribution in [3.8, 4) is 0 Å². The molecule has 6 nitrogen and oxygen atoms in total. The average Bonchev–Trinajstić information content (AvgIpc) is 3.06. The van der Waals surface area contributed by atoms with E-state index in [4.69, 9.17) is 0 Å². The minimum atomic E-state index is -0.330. The molecule has 1 aliphatic carbocycles. The average molecular weight is 266 g/mol. The van der Waals surface area contributed by atoms with Gasteiger partial charge in [0.1, 0.15) is 5.69 Å². The lowest BCUT2D eigenvalue weighted by molar-refractivity contribution is -0.384. The minimum absolute atomic E-state index is 0.129. The summed E-state index contributed by atoms with van der Waals surface area (Å²) in [6.07, 6.45) is 2.97. The maximum atomic E-state index is 11.2. The highest BCUT2D eigenvalue weighted by Crippen LogP contribution is 2.52. The Hall–Kier alpha value is -1.59. The molecule has 1 fully saturated rings. The third-order valence-electron chi connectivity index (χ3n) is 4.33. The topological polar surface area (TPSA) is 73.0 Å². The number of aryl methyl sites for hydroxylation is 2. The fraction of sp³-hybridized carbons (Fsp3) is 0.769. The summed E-state index contributed by atoms with van der Waals surface area (Å²) in [7, 11) is 1.75. The van der Waals surface area contributed by atoms with Crippen LogP contribution in [0.15, 0.2) is 0 Å². The van der Waals surface area contributed by atoms with E-state index in [-0.39, 0.29) is 10.6 Å². The van der Waals surface area contributed by atoms with Gasteiger partial charge in [0.05, 0.1) is 4.92 Å². The molecule has 0 atom stereocenters. The Morgan fingerprint density at radius 1 is 1.53 bits per heavy atom. The van der Waals surface area contributed by atoms with Crippen LogP contribution in [-0.2, 0) is 13.5 Å². The summed E-state index contributed by atoms with van der Waals surface area (Å²) >= 11 is 0. The molecule has 0 aromatic carbocycles. The minimum Gasteiger partial charge on any atom is -0.364 e. The van der Waals surface area contributed by atoms with Crippen LogP contribution in [0, 0.1) is 21.4 Å². The van der Waals surface area contributed by atoms with E-state index in [2.05, 4.69) is 24.3 Å². The van der Waals surface area contributed by atoms with Gasteiger partial charge in [-0.1, -0.05) is 20.8 Å². The molecule has 19 heavy (non-hydrogen) atoms. The molecule has 106 valence electrons. The van der Waals surface area contributed by atoms with Gasteiger partial charge in [0.15, 0.2) is 0 Å². The Kier molecular flexibility index (Phi) is 3.52. The molecule has 1 aliphatic rings. The summed E-state index contributed by atoms with van der Waals surface area (Å²) in [6, 6.07) is 0. The fourth-order valence-corrected chi connectivity index (χ4v) is 2.58. The van der Waals surface area contributed by atoms with Crippen LogP contribution in [0.3, 0.4) is 0 Å². The first-order chi connectivity index (χ1) is 8.91. The van der Waals surface area contributed by atoms with Gasteiger partial charge >= 0.3 is 5.69 Å². The van der Waals surface area contributed by atoms with E-state index >= 15 is 0 Å². The molecule has 1 aromatic rings. The Morgan fingerprint density at radius 3 is 2.58 bits per heavy atom. The second kappa shape index (κ2) is 4.83. The number of nitro groups is 1. The van der Waals surface area contributed by atoms with Gasteiger partial charge in [0.25, 0.3) is 0 Å². The molecular weight excluding hydrogens is 244 g/mol. The normalized spacial score (nSPS) is 16.7. The first-order valence-electron chi connectivity index (χ1n) is 6.85. The number of nitrogens with one attached hydrogen (secondary N) is 1. The third kappa shape index (κ3) is 2.43. The predicted molar refractivity (Wildman–Crippen MR) is 74.2 cm³/mol. The largest absolute Gasteiger partial charge is 0.364 e. The van der Waals surface area contributed by atoms with Crippen molar-refractivity contribution >= 4 is 11.5 Å². The SMILES string of the molecule is CCc1nn(C)c(NCC2(C(C)C)CC2)c1[N+](=O)[O-]. The lowest BCUT2D eigenvalue weighted by atomic mass is 9.92. The van der Waals surface area contributed by atoms with E-state index in [0.29, 0.717) is 29.3 Å². The molecule has 1 aromatic heterocycles. The summed E-state index contributed by atoms with van der Waals surface area (Å²) in [5, 5.41) is 18.7. The van der Waals surface area contributed by atoms with E-state index in [0.717, 1.165) is 6.54 Å². The Bertz CT molecular complexity index is 489. The van der Waals surface area contributed by atoms with Crippen LogP contribution < -0.4 is 5.32 Å². The molecule has 0 radical (unpaired) electrons. The summed E-state index contributed by atoms with van der Waals surface area (Å²) in [5.41, 5.74) is 0.985. The van der Waals surface area contributed by atoms with Gasteiger partial charge in [-0.15, -0.1) is 0 Å². The smallest absolute Gasteiger partial charge is 0.333 e. The summed E-state index contributed by atoms with van der Waals surface area (Å²) in [4.78, 5) is 10.9. The molecule has 6 heteroatoms. The van der Waals surface area contributed by atoms with E-state index in [1.54, 1.807) is 11.7 Å². The lowest BCUT2D eigenvalue weighted by Gasteiger charge is -2.20. The van der Waals surface area contributed by atoms with E-state index in [9.17, 15) is 10.1 Å². The van der Waals surface area contributed by atoms with Gasteiger partial charge in [-0.25, -0.2) is 4.68 Å². The van der Waals surface area contributed by atoms with Crippen LogP contribution in [0.2, 0.25) is 0 Å². The van der Waals surface area contributed by atoms with Crippen LogP contribution in [0.4, 0.5) is 11.5 Å². The van der Waals surface area contributed by atoms with Crippen LogP contribution >= 0.6 is 0 Å². The van der Waals surface area contributed by atoms with Gasteiger partial charge in [-0.3, -0.25) is 10.1 Å². The van der Waals surface area contributed by atoms with Gasteiger partial charge in [-0.05, 0) is 30.6 Å². The van der Waals surface area contributed by atoms with E-state index in [1.165, 1.54) is 12.8 Å². The van der Waals surface area contributed by atoms with Crippen molar-refractivity contribution in [2.75, 3.05) is 11.9 Å². The molecule has 0 spiro atoms. The molecule has 1 saturated carbocycles. The molecule has 0 aliphatic heterocycles. The Balaban J connectivity index is 2.20. The zero-order valence-electron chi connectivity index (χ0n) is 12.1. The van der Waals surface area contributed by atoms with Crippen molar-refractivity contribution in [3.05, 3.63) is 15.8 Å². The second-order valence-electron chi connectivity index (χ2n) is 5.75. The maximum Gasteiger partial charge on any atom is 0.333 e. The van der Waals surface area contributed by atoms with Crippen molar-refractivity contribution in [1.82, 2.24) is 9.78 Å². The van der Waals surface area contributed by atoms with Gasteiger partial charge in [-0.2, -0.15) is 5.10 Å². The maximum absolute atomic E-state index is 11.2. The summed E-state index contributed by atoms with van der Waals surface area (Å²) < 4.78 is 1.59. The van der Waals surface area contributed by atoms with Gasteiger partial charge in [0.2, 0.25) is 5.82 Å². The molecule has 0 amide bonds. The highest BCUT2D eigenvalue weighted by molar-refractivity contribution is 5.60. The second-order valence-corrected chi connectivity index (χ2v) is 5.75. The summed E-state index contributed by atoms with van der Waals surface area (Å²) in [5.74, 6) is 1.13. The van der Waals surface area contributed by atoms with Crippen molar-refractivity contribution in [2.45, 2.75) is 40.0 Å². The summed E-state index contributed by atoms with van der Waals surface area (Å²) in [6.45, 7) is 7.09. The lowest BCUT2D eigenvalue weighted by Crippen LogP contribution is -2.22. The molecule has 1 N–H and O–H groups in total. The van der Waals surface area contributed by atoms with Crippen molar-refractivity contribution in [2.24, 2.45) is 18.4 Å². The molecule has 0 bridgehead atoms. The van der Waals surface area contributed by atoms with Crippen molar-refractivity contribution in [3.63, 3.8) is 0 Å². The van der Waals surface area contributed by atoms with Crippen LogP contribution in [-0.4, -0.2) is 21.2 Å². The predicted octanol–water partition coefficient (Wildman–Crippen LogP) is 2.74. The number of hydrogen-bond acceptors (Lipinski definition) is 4. The number of aromatic nitrogens is 2. The first-order valence-corrected chi connectivity index (χ1v) is 6.85. The third-order valence-corrected chi connectivity index (χ3v) is 4.33. The van der Waals surface area contributed by atoms with Gasteiger partial charge < -0.3 is 5.32 Å². The number of nitrogens with zero attached hydrogens (tertiary/aromatic N) is 3. The van der Waals surface area contributed by atoms with Crippen LogP contribution in [0.25, 0.3) is 0 Å². The molecule has 0 unspecified atom stereocenters. The number of hydrogen-bond donors (Lipinski definition) is 1. The highest BCUT2D eigenvalue weighted by atomic mass is 16.6. The highest BCUT2D eigenvalue weighted by Gasteiger charge is 2.45. The van der Waals surface area contributed by atoms with Crippen molar-refractivity contribution in [1.29, 1.82) is 0 Å². The Labute approximate surface area is 113 Å². The standard InChI is InChI=1S/C13H22N4O2/c1-5-10-11(17(18)19)12(16(4)15-10)14-8-13(6-7-13)9(2)3/h9,14H,5-8H2,1-4H3. The molecule has 1 heterocycles. The number of anilines is 1. The first kappa shape index (κ1) is 13.8. The molecular formula is C13H22N4O2. The monoisotopic (exact) mass is 266 g/mol. The Morgan fingerprint density at radius 2 is 2.16 bits per heavy atom. The fourth-order valence-electron chi connectivity index (χ4n) is 2.58. The molecule has 2 rings (SSSR count). The van der Waals surface area contributed by atoms with E-state index < -0.39 is 0 Å². The quantitative estimate of drug-likeness (QED) is 0.634. The van der Waals surface area contributed by atoms with Crippen molar-refractivity contribution < 1.29 is 4.92 Å². The van der Waals surface area contributed by atoms with Crippen LogP contribution in [0.5, 0.6) is 0 Å². The van der Waals surface area contributed by atoms with E-state index in [1.807, 2.05) is 6.92 Å². The van der Waals surface area contributed by atoms with Gasteiger partial charge in [0, 0.05) is 13.6 Å². The molecule has 0 saturated heterocycles. The number of rotatable bonds is 6. The zero-order valence-corrected chi connectivity index (χ0v) is 12.1. The van der Waals surface area contributed by atoms with Crippen LogP contribution in [0.1, 0.15) is 39.3 Å².